The topological polar surface area (TPSA) is 49.8 Å². The molecule has 0 radical (unpaired) electrons. The molecule has 0 bridgehead atoms. The minimum atomic E-state index is -0.369. The molecule has 102 valence electrons. The van der Waals surface area contributed by atoms with E-state index in [1.807, 2.05) is 42.5 Å². The highest BCUT2D eigenvalue weighted by atomic mass is 127. The third kappa shape index (κ3) is 3.48. The van der Waals surface area contributed by atoms with E-state index in [2.05, 4.69) is 22.6 Å². The van der Waals surface area contributed by atoms with Crippen LogP contribution in [0.5, 0.6) is 0 Å². The van der Waals surface area contributed by atoms with Crippen molar-refractivity contribution in [2.45, 2.75) is 18.7 Å². The van der Waals surface area contributed by atoms with Crippen LogP contribution in [0.25, 0.3) is 0 Å². The predicted octanol–water partition coefficient (Wildman–Crippen LogP) is 2.36. The highest BCUT2D eigenvalue weighted by Crippen LogP contribution is 2.23. The van der Waals surface area contributed by atoms with Crippen molar-refractivity contribution in [3.8, 4) is 0 Å². The van der Waals surface area contributed by atoms with Crippen molar-refractivity contribution in [3.63, 3.8) is 0 Å². The molecule has 4 nitrogen and oxygen atoms in total. The number of hydrogen-bond acceptors (Lipinski definition) is 3. The average molecular weight is 373 g/mol. The summed E-state index contributed by atoms with van der Waals surface area (Å²) >= 11 is 2.22. The highest BCUT2D eigenvalue weighted by molar-refractivity contribution is 14.1. The number of ether oxygens (including phenoxy) is 1. The number of carbonyl (C=O) groups excluding carboxylic acids is 1. The zero-order valence-electron chi connectivity index (χ0n) is 10.4. The average Bonchev–Trinajstić information content (AvgIpc) is 2.73. The smallest absolute Gasteiger partial charge is 0.411 e. The molecule has 1 aromatic carbocycles. The number of nitrogens with zero attached hydrogens (tertiary/aromatic N) is 1. The van der Waals surface area contributed by atoms with Gasteiger partial charge in [-0.1, -0.05) is 59.0 Å². The fourth-order valence-corrected chi connectivity index (χ4v) is 2.39. The van der Waals surface area contributed by atoms with Crippen LogP contribution in [0.15, 0.2) is 42.5 Å². The first-order valence-electron chi connectivity index (χ1n) is 6.11. The summed E-state index contributed by atoms with van der Waals surface area (Å²) < 4.78 is 6.14. The first kappa shape index (κ1) is 14.3. The van der Waals surface area contributed by atoms with Gasteiger partial charge >= 0.3 is 6.09 Å². The Morgan fingerprint density at radius 1 is 1.37 bits per heavy atom. The van der Waals surface area contributed by atoms with Crippen LogP contribution in [-0.4, -0.2) is 39.3 Å². The molecule has 2 atom stereocenters. The molecule has 0 spiro atoms. The van der Waals surface area contributed by atoms with Crippen molar-refractivity contribution < 1.29 is 14.6 Å². The Bertz CT molecular complexity index is 449. The number of rotatable bonds is 5. The standard InChI is InChI=1S/C14H16INO3/c15-8-4-7-13-12(10-17)16(14(18)19-13)9-11-5-2-1-3-6-11/h1-7,12-13,17H,8-10H2/b7-4+/t12-,13-/m1/s1. The molecule has 5 heteroatoms. The van der Waals surface area contributed by atoms with Crippen molar-refractivity contribution >= 4 is 28.7 Å². The Labute approximate surface area is 126 Å². The molecule has 1 saturated heterocycles. The summed E-state index contributed by atoms with van der Waals surface area (Å²) in [4.78, 5) is 13.5. The van der Waals surface area contributed by atoms with Crippen molar-refractivity contribution in [1.29, 1.82) is 0 Å². The van der Waals surface area contributed by atoms with Gasteiger partial charge in [0.05, 0.1) is 12.6 Å². The number of aliphatic hydroxyl groups is 1. The van der Waals surface area contributed by atoms with Gasteiger partial charge in [0.1, 0.15) is 6.10 Å². The minimum absolute atomic E-state index is 0.102. The number of amides is 1. The normalized spacial score (nSPS) is 23.1. The van der Waals surface area contributed by atoms with Gasteiger partial charge in [-0.3, -0.25) is 4.90 Å². The predicted molar refractivity (Wildman–Crippen MR) is 81.2 cm³/mol. The number of cyclic esters (lactones) is 1. The maximum atomic E-state index is 11.9. The van der Waals surface area contributed by atoms with E-state index in [9.17, 15) is 9.90 Å². The number of halogens is 1. The zero-order chi connectivity index (χ0) is 13.7. The number of carbonyl (C=O) groups is 1. The molecular formula is C14H16INO3. The Morgan fingerprint density at radius 2 is 2.11 bits per heavy atom. The summed E-state index contributed by atoms with van der Waals surface area (Å²) in [6.45, 7) is 0.355. The molecule has 19 heavy (non-hydrogen) atoms. The van der Waals surface area contributed by atoms with E-state index in [0.717, 1.165) is 9.99 Å². The van der Waals surface area contributed by atoms with Gasteiger partial charge in [0.25, 0.3) is 0 Å². The molecular weight excluding hydrogens is 357 g/mol. The fourth-order valence-electron chi connectivity index (χ4n) is 2.09. The zero-order valence-corrected chi connectivity index (χ0v) is 12.6. The summed E-state index contributed by atoms with van der Waals surface area (Å²) in [5, 5.41) is 9.49. The van der Waals surface area contributed by atoms with Crippen molar-refractivity contribution in [2.75, 3.05) is 11.0 Å². The first-order chi connectivity index (χ1) is 9.26. The molecule has 2 rings (SSSR count). The number of hydrogen-bond donors (Lipinski definition) is 1. The van der Waals surface area contributed by atoms with E-state index >= 15 is 0 Å². The second kappa shape index (κ2) is 6.91. The third-order valence-electron chi connectivity index (χ3n) is 3.05. The Hall–Kier alpha value is -1.08. The molecule has 1 aromatic rings. The van der Waals surface area contributed by atoms with Gasteiger partial charge in [0, 0.05) is 11.0 Å². The molecule has 0 aliphatic carbocycles. The number of benzene rings is 1. The van der Waals surface area contributed by atoms with Crippen LogP contribution in [0, 0.1) is 0 Å². The van der Waals surface area contributed by atoms with Crippen LogP contribution >= 0.6 is 22.6 Å². The van der Waals surface area contributed by atoms with Gasteiger partial charge in [0.2, 0.25) is 0 Å². The molecule has 1 heterocycles. The van der Waals surface area contributed by atoms with E-state index in [0.29, 0.717) is 6.54 Å². The van der Waals surface area contributed by atoms with Gasteiger partial charge < -0.3 is 9.84 Å². The molecule has 1 aliphatic rings. The van der Waals surface area contributed by atoms with Gasteiger partial charge in [-0.15, -0.1) is 0 Å². The lowest BCUT2D eigenvalue weighted by molar-refractivity contribution is 0.143. The molecule has 1 aliphatic heterocycles. The second-order valence-electron chi connectivity index (χ2n) is 4.29. The largest absolute Gasteiger partial charge is 0.440 e. The summed E-state index contributed by atoms with van der Waals surface area (Å²) in [5.41, 5.74) is 1.02. The van der Waals surface area contributed by atoms with E-state index < -0.39 is 0 Å². The van der Waals surface area contributed by atoms with Crippen LogP contribution < -0.4 is 0 Å². The molecule has 0 saturated carbocycles. The summed E-state index contributed by atoms with van der Waals surface area (Å²) in [6.07, 6.45) is 3.05. The van der Waals surface area contributed by atoms with Crippen LogP contribution in [0.2, 0.25) is 0 Å². The molecule has 1 fully saturated rings. The third-order valence-corrected chi connectivity index (χ3v) is 3.56. The second-order valence-corrected chi connectivity index (χ2v) is 5.18. The van der Waals surface area contributed by atoms with Crippen molar-refractivity contribution in [1.82, 2.24) is 4.90 Å². The van der Waals surface area contributed by atoms with Crippen molar-refractivity contribution in [2.24, 2.45) is 0 Å². The van der Waals surface area contributed by atoms with Crippen molar-refractivity contribution in [3.05, 3.63) is 48.0 Å². The van der Waals surface area contributed by atoms with E-state index in [-0.39, 0.29) is 24.8 Å². The van der Waals surface area contributed by atoms with Crippen LogP contribution in [-0.2, 0) is 11.3 Å². The maximum absolute atomic E-state index is 11.9. The monoisotopic (exact) mass is 373 g/mol. The number of allylic oxidation sites excluding steroid dienone is 1. The Kier molecular flexibility index (Phi) is 5.21. The van der Waals surface area contributed by atoms with Crippen LogP contribution in [0.1, 0.15) is 5.56 Å². The van der Waals surface area contributed by atoms with Gasteiger partial charge in [-0.05, 0) is 11.6 Å². The lowest BCUT2D eigenvalue weighted by Gasteiger charge is -2.21. The van der Waals surface area contributed by atoms with E-state index in [1.54, 1.807) is 4.90 Å². The van der Waals surface area contributed by atoms with Crippen LogP contribution in [0.3, 0.4) is 0 Å². The van der Waals surface area contributed by atoms with E-state index in [1.165, 1.54) is 0 Å². The molecule has 0 unspecified atom stereocenters. The van der Waals surface area contributed by atoms with E-state index in [4.69, 9.17) is 4.74 Å². The lowest BCUT2D eigenvalue weighted by Crippen LogP contribution is -2.38. The lowest BCUT2D eigenvalue weighted by atomic mass is 10.1. The first-order valence-corrected chi connectivity index (χ1v) is 7.63. The quantitative estimate of drug-likeness (QED) is 0.490. The molecule has 0 aromatic heterocycles. The fraction of sp³-hybridized carbons (Fsp3) is 0.357. The minimum Gasteiger partial charge on any atom is -0.440 e. The number of aliphatic hydroxyl groups excluding tert-OH is 1. The van der Waals surface area contributed by atoms with Gasteiger partial charge in [-0.25, -0.2) is 4.79 Å². The maximum Gasteiger partial charge on any atom is 0.411 e. The highest BCUT2D eigenvalue weighted by Gasteiger charge is 2.39. The molecule has 1 amide bonds. The summed E-state index contributed by atoms with van der Waals surface area (Å²) in [7, 11) is 0. The number of alkyl halides is 1. The Morgan fingerprint density at radius 3 is 2.74 bits per heavy atom. The Balaban J connectivity index is 2.11. The van der Waals surface area contributed by atoms with Gasteiger partial charge in [0.15, 0.2) is 0 Å². The SMILES string of the molecule is O=C1O[C@H](/C=C/CI)[C@@H](CO)N1Cc1ccccc1. The molecule has 1 N–H and O–H groups in total. The van der Waals surface area contributed by atoms with Crippen LogP contribution in [0.4, 0.5) is 4.79 Å². The van der Waals surface area contributed by atoms with Gasteiger partial charge in [-0.2, -0.15) is 0 Å². The summed E-state index contributed by atoms with van der Waals surface area (Å²) in [6, 6.07) is 9.38. The summed E-state index contributed by atoms with van der Waals surface area (Å²) in [5.74, 6) is 0.